The smallest absolute Gasteiger partial charge is 0.0618 e. The second-order valence-corrected chi connectivity index (χ2v) is 15.4. The quantitative estimate of drug-likeness (QED) is 0.223. The van der Waals surface area contributed by atoms with E-state index in [0.717, 1.165) is 45.3 Å². The van der Waals surface area contributed by atoms with Crippen LogP contribution in [0.15, 0.2) is 0 Å². The van der Waals surface area contributed by atoms with E-state index in [-0.39, 0.29) is 0 Å². The van der Waals surface area contributed by atoms with Crippen molar-refractivity contribution >= 4 is 45.2 Å². The van der Waals surface area contributed by atoms with Gasteiger partial charge in [-0.15, -0.1) is 0 Å². The summed E-state index contributed by atoms with van der Waals surface area (Å²) in [4.78, 5) is 0. The maximum atomic E-state index is 6.87. The molecule has 30 heavy (non-hydrogen) atoms. The third-order valence-corrected chi connectivity index (χ3v) is 14.0. The number of halogens is 2. The Hall–Kier alpha value is 1.42. The number of hydrogen-bond acceptors (Lipinski definition) is 1. The van der Waals surface area contributed by atoms with Crippen molar-refractivity contribution in [3.8, 4) is 0 Å². The molecule has 0 bridgehead atoms. The van der Waals surface area contributed by atoms with Gasteiger partial charge in [-0.3, -0.25) is 0 Å². The molecule has 5 rings (SSSR count). The molecule has 0 radical (unpaired) electrons. The van der Waals surface area contributed by atoms with Gasteiger partial charge in [0.2, 0.25) is 0 Å². The first kappa shape index (κ1) is 23.2. The molecule has 1 heterocycles. The Bertz CT molecular complexity index is 638. The summed E-state index contributed by atoms with van der Waals surface area (Å²) in [5.41, 5.74) is 1.20. The summed E-state index contributed by atoms with van der Waals surface area (Å²) in [5.74, 6) is 6.40. The van der Waals surface area contributed by atoms with E-state index in [1.54, 1.807) is 0 Å². The Kier molecular flexibility index (Phi) is 6.62. The molecule has 4 aliphatic carbocycles. The van der Waals surface area contributed by atoms with Gasteiger partial charge in [0.05, 0.1) is 12.2 Å². The van der Waals surface area contributed by atoms with Crippen LogP contribution < -0.4 is 0 Å². The van der Waals surface area contributed by atoms with Gasteiger partial charge < -0.3 is 4.74 Å². The number of alkyl halides is 2. The first-order valence-corrected chi connectivity index (χ1v) is 15.9. The lowest BCUT2D eigenvalue weighted by Gasteiger charge is -2.61. The van der Waals surface area contributed by atoms with Crippen molar-refractivity contribution in [1.29, 1.82) is 0 Å². The van der Waals surface area contributed by atoms with Crippen LogP contribution in [0.5, 0.6) is 0 Å². The van der Waals surface area contributed by atoms with Gasteiger partial charge in [0.25, 0.3) is 0 Å². The van der Waals surface area contributed by atoms with Crippen molar-refractivity contribution in [3.05, 3.63) is 0 Å². The number of fused-ring (bicyclic) bond motifs is 7. The van der Waals surface area contributed by atoms with Crippen LogP contribution in [0.1, 0.15) is 91.9 Å². The number of rotatable bonds is 4. The van der Waals surface area contributed by atoms with Crippen molar-refractivity contribution in [3.63, 3.8) is 0 Å². The van der Waals surface area contributed by atoms with Crippen molar-refractivity contribution in [2.24, 2.45) is 52.3 Å². The molecule has 5 fully saturated rings. The SMILES string of the molecule is CC(CI)CCC1O[C@H]2C[C@H]3[C@@H]4CCC5CC(I)CC[C@]5(C)[C@H]4CC[C@]3(C)[C@H]2[C@@H]1C. The van der Waals surface area contributed by atoms with E-state index in [9.17, 15) is 0 Å². The highest BCUT2D eigenvalue weighted by molar-refractivity contribution is 14.1. The predicted molar refractivity (Wildman–Crippen MR) is 144 cm³/mol. The molecule has 1 saturated heterocycles. The fourth-order valence-corrected chi connectivity index (χ4v) is 11.1. The fraction of sp³-hybridized carbons (Fsp3) is 1.00. The summed E-state index contributed by atoms with van der Waals surface area (Å²) in [5, 5.41) is 0. The van der Waals surface area contributed by atoms with Crippen LogP contribution in [0.4, 0.5) is 0 Å². The molecule has 4 saturated carbocycles. The van der Waals surface area contributed by atoms with Gasteiger partial charge in [0, 0.05) is 8.35 Å². The Morgan fingerprint density at radius 1 is 1.00 bits per heavy atom. The van der Waals surface area contributed by atoms with Crippen molar-refractivity contribution in [1.82, 2.24) is 0 Å². The highest BCUT2D eigenvalue weighted by Crippen LogP contribution is 2.70. The third-order valence-electron chi connectivity index (χ3n) is 11.4. The van der Waals surface area contributed by atoms with Crippen molar-refractivity contribution < 1.29 is 4.74 Å². The predicted octanol–water partition coefficient (Wildman–Crippen LogP) is 8.31. The summed E-state index contributed by atoms with van der Waals surface area (Å²) in [6.07, 6.45) is 15.7. The first-order chi connectivity index (χ1) is 14.3. The number of ether oxygens (including phenoxy) is 1. The Balaban J connectivity index is 1.32. The molecule has 0 amide bonds. The molecule has 0 aromatic heterocycles. The fourth-order valence-electron chi connectivity index (χ4n) is 9.75. The zero-order chi connectivity index (χ0) is 21.3. The minimum atomic E-state index is 0.535. The Labute approximate surface area is 213 Å². The zero-order valence-corrected chi connectivity index (χ0v) is 24.0. The maximum Gasteiger partial charge on any atom is 0.0618 e. The first-order valence-electron chi connectivity index (χ1n) is 13.1. The molecule has 0 spiro atoms. The van der Waals surface area contributed by atoms with Gasteiger partial charge in [-0.1, -0.05) is 72.9 Å². The van der Waals surface area contributed by atoms with E-state index in [2.05, 4.69) is 72.9 Å². The van der Waals surface area contributed by atoms with Crippen LogP contribution in [0.2, 0.25) is 0 Å². The molecule has 5 aliphatic rings. The monoisotopic (exact) mass is 638 g/mol. The average molecular weight is 638 g/mol. The molecule has 12 atom stereocenters. The van der Waals surface area contributed by atoms with E-state index >= 15 is 0 Å². The molecule has 1 nitrogen and oxygen atoms in total. The molecule has 0 aromatic carbocycles. The molecular formula is C27H44I2O. The van der Waals surface area contributed by atoms with Gasteiger partial charge in [-0.05, 0) is 116 Å². The largest absolute Gasteiger partial charge is 0.374 e. The minimum absolute atomic E-state index is 0.535. The third kappa shape index (κ3) is 3.58. The van der Waals surface area contributed by atoms with Crippen LogP contribution >= 0.6 is 45.2 Å². The lowest BCUT2D eigenvalue weighted by molar-refractivity contribution is -0.114. The van der Waals surface area contributed by atoms with Crippen molar-refractivity contribution in [2.45, 2.75) is 108 Å². The summed E-state index contributed by atoms with van der Waals surface area (Å²) >= 11 is 5.29. The normalized spacial score (nSPS) is 56.0. The van der Waals surface area contributed by atoms with E-state index in [4.69, 9.17) is 4.74 Å². The standard InChI is InChI=1S/C27H44I2O/c1-16(15-28)5-8-23-17(2)25-24(30-23)14-22-20-7-6-18-13-19(29)9-11-26(18,3)21(20)10-12-27(22,25)4/h16-25H,5-15H2,1-4H3/t16?,17-,18?,19?,20-,21+,22+,23?,24+,25+,26+,27+/m1/s1. The van der Waals surface area contributed by atoms with Gasteiger partial charge in [0.15, 0.2) is 0 Å². The molecule has 0 aromatic rings. The van der Waals surface area contributed by atoms with Gasteiger partial charge in [-0.2, -0.15) is 0 Å². The maximum absolute atomic E-state index is 6.87. The highest BCUT2D eigenvalue weighted by Gasteiger charge is 2.65. The van der Waals surface area contributed by atoms with E-state index < -0.39 is 0 Å². The topological polar surface area (TPSA) is 9.23 Å². The van der Waals surface area contributed by atoms with Gasteiger partial charge >= 0.3 is 0 Å². The Morgan fingerprint density at radius 3 is 2.53 bits per heavy atom. The molecule has 0 N–H and O–H groups in total. The van der Waals surface area contributed by atoms with Crippen LogP contribution in [0.25, 0.3) is 0 Å². The molecule has 172 valence electrons. The van der Waals surface area contributed by atoms with Gasteiger partial charge in [0.1, 0.15) is 0 Å². The Morgan fingerprint density at radius 2 is 1.77 bits per heavy atom. The van der Waals surface area contributed by atoms with Crippen LogP contribution in [0, 0.1) is 52.3 Å². The lowest BCUT2D eigenvalue weighted by Crippen LogP contribution is -2.54. The summed E-state index contributed by atoms with van der Waals surface area (Å²) < 4.78 is 9.10. The second kappa shape index (κ2) is 8.57. The average Bonchev–Trinajstić information content (AvgIpc) is 3.20. The minimum Gasteiger partial charge on any atom is -0.374 e. The highest BCUT2D eigenvalue weighted by atomic mass is 127. The molecule has 4 unspecified atom stereocenters. The summed E-state index contributed by atoms with van der Waals surface area (Å²) in [6.45, 7) is 10.4. The van der Waals surface area contributed by atoms with Crippen LogP contribution in [-0.2, 0) is 4.74 Å². The molecular weight excluding hydrogens is 594 g/mol. The second-order valence-electron chi connectivity index (χ2n) is 12.7. The van der Waals surface area contributed by atoms with E-state index in [1.165, 1.54) is 68.6 Å². The summed E-state index contributed by atoms with van der Waals surface area (Å²) in [6, 6.07) is 0. The molecule has 3 heteroatoms. The van der Waals surface area contributed by atoms with E-state index in [1.807, 2.05) is 0 Å². The van der Waals surface area contributed by atoms with Crippen molar-refractivity contribution in [2.75, 3.05) is 4.43 Å². The number of hydrogen-bond donors (Lipinski definition) is 0. The van der Waals surface area contributed by atoms with Crippen LogP contribution in [-0.4, -0.2) is 20.6 Å². The molecule has 1 aliphatic heterocycles. The van der Waals surface area contributed by atoms with Crippen LogP contribution in [0.3, 0.4) is 0 Å². The zero-order valence-electron chi connectivity index (χ0n) is 19.7. The summed E-state index contributed by atoms with van der Waals surface area (Å²) in [7, 11) is 0. The van der Waals surface area contributed by atoms with Gasteiger partial charge in [-0.25, -0.2) is 0 Å². The lowest BCUT2D eigenvalue weighted by atomic mass is 9.44. The van der Waals surface area contributed by atoms with E-state index in [0.29, 0.717) is 23.0 Å².